The summed E-state index contributed by atoms with van der Waals surface area (Å²) in [6.45, 7) is 4.43. The Morgan fingerprint density at radius 3 is 2.72 bits per heavy atom. The minimum atomic E-state index is -4.32. The molecule has 1 atom stereocenters. The van der Waals surface area contributed by atoms with Gasteiger partial charge in [0.15, 0.2) is 0 Å². The predicted octanol–water partition coefficient (Wildman–Crippen LogP) is 4.10. The second kappa shape index (κ2) is 9.22. The number of carbonyl (C=O) groups is 1. The zero-order valence-electron chi connectivity index (χ0n) is 14.7. The quantitative estimate of drug-likeness (QED) is 0.772. The van der Waals surface area contributed by atoms with E-state index in [1.807, 2.05) is 6.92 Å². The van der Waals surface area contributed by atoms with Gasteiger partial charge in [-0.1, -0.05) is 25.1 Å². The lowest BCUT2D eigenvalue weighted by Gasteiger charge is -2.22. The fraction of sp³-hybridized carbons (Fsp3) is 0.632. The highest BCUT2D eigenvalue weighted by atomic mass is 19.4. The molecule has 0 aliphatic carbocycles. The Kier molecular flexibility index (Phi) is 7.29. The molecule has 2 rings (SSSR count). The van der Waals surface area contributed by atoms with Crippen LogP contribution in [0.4, 0.5) is 13.2 Å². The molecule has 1 aromatic carbocycles. The van der Waals surface area contributed by atoms with E-state index in [-0.39, 0.29) is 11.8 Å². The van der Waals surface area contributed by atoms with Crippen molar-refractivity contribution >= 4 is 5.91 Å². The Morgan fingerprint density at radius 2 is 2.04 bits per heavy atom. The maximum absolute atomic E-state index is 12.8. The van der Waals surface area contributed by atoms with Gasteiger partial charge in [0.05, 0.1) is 5.56 Å². The summed E-state index contributed by atoms with van der Waals surface area (Å²) in [5.74, 6) is 0.623. The fourth-order valence-electron chi connectivity index (χ4n) is 3.21. The third-order valence-corrected chi connectivity index (χ3v) is 4.92. The van der Waals surface area contributed by atoms with Crippen LogP contribution in [0, 0.1) is 5.92 Å². The number of hydrogen-bond donors (Lipinski definition) is 2. The Hall–Kier alpha value is -1.56. The molecule has 1 heterocycles. The van der Waals surface area contributed by atoms with Crippen LogP contribution in [-0.4, -0.2) is 25.5 Å². The lowest BCUT2D eigenvalue weighted by molar-refractivity contribution is -0.137. The topological polar surface area (TPSA) is 41.1 Å². The molecule has 140 valence electrons. The molecule has 2 N–H and O–H groups in total. The van der Waals surface area contributed by atoms with Gasteiger partial charge in [0, 0.05) is 13.0 Å². The number of nitrogens with one attached hydrogen (secondary N) is 2. The zero-order valence-corrected chi connectivity index (χ0v) is 14.7. The number of amides is 1. The number of hydrogen-bond acceptors (Lipinski definition) is 2. The molecule has 0 spiro atoms. The molecular formula is C19H27F3N2O. The molecule has 6 heteroatoms. The van der Waals surface area contributed by atoms with Crippen molar-refractivity contribution in [1.29, 1.82) is 0 Å². The number of carbonyl (C=O) groups excluding carboxylic acids is 1. The van der Waals surface area contributed by atoms with E-state index in [0.717, 1.165) is 38.4 Å². The third-order valence-electron chi connectivity index (χ3n) is 4.92. The van der Waals surface area contributed by atoms with Gasteiger partial charge in [0.1, 0.15) is 0 Å². The van der Waals surface area contributed by atoms with Crippen LogP contribution in [0.5, 0.6) is 0 Å². The third kappa shape index (κ3) is 6.69. The molecule has 1 amide bonds. The van der Waals surface area contributed by atoms with Crippen LogP contribution < -0.4 is 10.6 Å². The first-order valence-corrected chi connectivity index (χ1v) is 9.01. The monoisotopic (exact) mass is 356 g/mol. The summed E-state index contributed by atoms with van der Waals surface area (Å²) in [7, 11) is 0. The minimum Gasteiger partial charge on any atom is -0.356 e. The van der Waals surface area contributed by atoms with Crippen molar-refractivity contribution in [2.24, 2.45) is 5.92 Å². The summed E-state index contributed by atoms with van der Waals surface area (Å²) >= 11 is 0. The van der Waals surface area contributed by atoms with E-state index in [4.69, 9.17) is 0 Å². The van der Waals surface area contributed by atoms with Gasteiger partial charge in [-0.3, -0.25) is 4.79 Å². The maximum atomic E-state index is 12.8. The van der Waals surface area contributed by atoms with Gasteiger partial charge in [-0.25, -0.2) is 0 Å². The van der Waals surface area contributed by atoms with E-state index in [0.29, 0.717) is 30.9 Å². The van der Waals surface area contributed by atoms with Gasteiger partial charge < -0.3 is 10.6 Å². The summed E-state index contributed by atoms with van der Waals surface area (Å²) in [6.07, 6.45) is -0.00198. The molecule has 0 aromatic heterocycles. The summed E-state index contributed by atoms with van der Waals surface area (Å²) < 4.78 is 38.3. The molecule has 0 bridgehead atoms. The number of piperidine rings is 1. The van der Waals surface area contributed by atoms with Gasteiger partial charge in [0.2, 0.25) is 5.91 Å². The molecule has 0 saturated carbocycles. The van der Waals surface area contributed by atoms with E-state index < -0.39 is 11.7 Å². The van der Waals surface area contributed by atoms with Gasteiger partial charge in [0.25, 0.3) is 0 Å². The lowest BCUT2D eigenvalue weighted by Crippen LogP contribution is -2.30. The molecule has 1 aliphatic rings. The summed E-state index contributed by atoms with van der Waals surface area (Å²) in [5.41, 5.74) is 0.0293. The Morgan fingerprint density at radius 1 is 1.32 bits per heavy atom. The van der Waals surface area contributed by atoms with Crippen LogP contribution in [0.1, 0.15) is 56.1 Å². The first kappa shape index (κ1) is 19.8. The number of alkyl halides is 3. The van der Waals surface area contributed by atoms with E-state index in [2.05, 4.69) is 10.6 Å². The van der Waals surface area contributed by atoms with Crippen molar-refractivity contribution in [3.8, 4) is 0 Å². The number of rotatable bonds is 7. The van der Waals surface area contributed by atoms with Crippen molar-refractivity contribution in [3.63, 3.8) is 0 Å². The van der Waals surface area contributed by atoms with Crippen LogP contribution in [0.15, 0.2) is 24.3 Å². The molecule has 1 unspecified atom stereocenters. The molecule has 25 heavy (non-hydrogen) atoms. The SMILES string of the molecule is CC(CCNC(=O)CCC1CCNCC1)c1cccc(C(F)(F)F)c1. The molecule has 1 aromatic rings. The molecular weight excluding hydrogens is 329 g/mol. The van der Waals surface area contributed by atoms with Gasteiger partial charge >= 0.3 is 6.18 Å². The van der Waals surface area contributed by atoms with Crippen LogP contribution in [0.3, 0.4) is 0 Å². The highest BCUT2D eigenvalue weighted by Crippen LogP contribution is 2.31. The van der Waals surface area contributed by atoms with Crippen LogP contribution in [0.25, 0.3) is 0 Å². The summed E-state index contributed by atoms with van der Waals surface area (Å²) in [4.78, 5) is 11.9. The normalized spacial score (nSPS) is 17.3. The molecule has 1 aliphatic heterocycles. The Labute approximate surface area is 147 Å². The first-order chi connectivity index (χ1) is 11.9. The molecule has 3 nitrogen and oxygen atoms in total. The predicted molar refractivity (Wildman–Crippen MR) is 92.3 cm³/mol. The second-order valence-corrected chi connectivity index (χ2v) is 6.89. The van der Waals surface area contributed by atoms with Crippen molar-refractivity contribution in [2.45, 2.75) is 51.1 Å². The van der Waals surface area contributed by atoms with Crippen LogP contribution >= 0.6 is 0 Å². The average Bonchev–Trinajstić information content (AvgIpc) is 2.60. The van der Waals surface area contributed by atoms with Crippen molar-refractivity contribution in [3.05, 3.63) is 35.4 Å². The molecule has 1 fully saturated rings. The van der Waals surface area contributed by atoms with Crippen LogP contribution in [0.2, 0.25) is 0 Å². The van der Waals surface area contributed by atoms with E-state index in [9.17, 15) is 18.0 Å². The standard InChI is InChI=1S/C19H27F3N2O/c1-14(16-3-2-4-17(13-16)19(20,21)22)7-12-24-18(25)6-5-15-8-10-23-11-9-15/h2-4,13-15,23H,5-12H2,1H3,(H,24,25). The van der Waals surface area contributed by atoms with Crippen LogP contribution in [-0.2, 0) is 11.0 Å². The first-order valence-electron chi connectivity index (χ1n) is 9.01. The van der Waals surface area contributed by atoms with E-state index in [1.165, 1.54) is 12.1 Å². The molecule has 1 saturated heterocycles. The van der Waals surface area contributed by atoms with E-state index >= 15 is 0 Å². The average molecular weight is 356 g/mol. The summed E-state index contributed by atoms with van der Waals surface area (Å²) in [6, 6.07) is 5.42. The smallest absolute Gasteiger partial charge is 0.356 e. The summed E-state index contributed by atoms with van der Waals surface area (Å²) in [5, 5.41) is 6.20. The number of benzene rings is 1. The van der Waals surface area contributed by atoms with Gasteiger partial charge in [-0.15, -0.1) is 0 Å². The van der Waals surface area contributed by atoms with E-state index in [1.54, 1.807) is 6.07 Å². The van der Waals surface area contributed by atoms with Crippen molar-refractivity contribution in [2.75, 3.05) is 19.6 Å². The van der Waals surface area contributed by atoms with Gasteiger partial charge in [-0.05, 0) is 62.2 Å². The van der Waals surface area contributed by atoms with Crippen molar-refractivity contribution < 1.29 is 18.0 Å². The van der Waals surface area contributed by atoms with Gasteiger partial charge in [-0.2, -0.15) is 13.2 Å². The maximum Gasteiger partial charge on any atom is 0.416 e. The number of halogens is 3. The Balaban J connectivity index is 1.71. The highest BCUT2D eigenvalue weighted by molar-refractivity contribution is 5.75. The Bertz CT molecular complexity index is 554. The highest BCUT2D eigenvalue weighted by Gasteiger charge is 2.30. The molecule has 0 radical (unpaired) electrons. The fourth-order valence-corrected chi connectivity index (χ4v) is 3.21. The second-order valence-electron chi connectivity index (χ2n) is 6.89. The lowest BCUT2D eigenvalue weighted by atomic mass is 9.93. The van der Waals surface area contributed by atoms with Crippen molar-refractivity contribution in [1.82, 2.24) is 10.6 Å². The largest absolute Gasteiger partial charge is 0.416 e. The zero-order chi connectivity index (χ0) is 18.3. The minimum absolute atomic E-state index is 0.0352.